The van der Waals surface area contributed by atoms with Gasteiger partial charge >= 0.3 is 0 Å². The molecule has 5 heteroatoms. The van der Waals surface area contributed by atoms with E-state index < -0.39 is 0 Å². The van der Waals surface area contributed by atoms with E-state index in [-0.39, 0.29) is 5.75 Å². The lowest BCUT2D eigenvalue weighted by atomic mass is 10.1. The van der Waals surface area contributed by atoms with Gasteiger partial charge in [-0.25, -0.2) is 0 Å². The van der Waals surface area contributed by atoms with Gasteiger partial charge in [0.15, 0.2) is 0 Å². The molecule has 3 aromatic rings. The van der Waals surface area contributed by atoms with Crippen molar-refractivity contribution in [2.75, 3.05) is 7.11 Å². The maximum Gasteiger partial charge on any atom is 0.146 e. The Kier molecular flexibility index (Phi) is 4.65. The molecule has 0 amide bonds. The number of benzene rings is 2. The smallest absolute Gasteiger partial charge is 0.146 e. The molecule has 0 aliphatic rings. The number of phenols is 1. The molecule has 118 valence electrons. The Bertz CT molecular complexity index is 819. The molecule has 2 aromatic carbocycles. The number of nitrogens with zero attached hydrogens (tertiary/aromatic N) is 1. The number of pyridine rings is 1. The molecule has 0 unspecified atom stereocenters. The van der Waals surface area contributed by atoms with Crippen LogP contribution in [0.2, 0.25) is 5.02 Å². The molecule has 2 N–H and O–H groups in total. The molecule has 0 fully saturated rings. The summed E-state index contributed by atoms with van der Waals surface area (Å²) in [7, 11) is 1.65. The van der Waals surface area contributed by atoms with Crippen LogP contribution in [0.3, 0.4) is 0 Å². The minimum absolute atomic E-state index is 0.173. The summed E-state index contributed by atoms with van der Waals surface area (Å²) in [5.74, 6) is 1.01. The highest BCUT2D eigenvalue weighted by Gasteiger charge is 2.11. The number of phenolic OH excluding ortho intramolecular Hbond substituents is 1. The van der Waals surface area contributed by atoms with Crippen molar-refractivity contribution in [2.24, 2.45) is 0 Å². The van der Waals surface area contributed by atoms with E-state index in [1.54, 1.807) is 25.4 Å². The molecule has 1 heterocycles. The van der Waals surface area contributed by atoms with Crippen LogP contribution in [0.4, 0.5) is 0 Å². The highest BCUT2D eigenvalue weighted by molar-refractivity contribution is 6.35. The van der Waals surface area contributed by atoms with Crippen molar-refractivity contribution in [2.45, 2.75) is 13.1 Å². The van der Waals surface area contributed by atoms with Crippen LogP contribution in [0.5, 0.6) is 11.5 Å². The summed E-state index contributed by atoms with van der Waals surface area (Å²) >= 11 is 6.27. The van der Waals surface area contributed by atoms with E-state index in [0.29, 0.717) is 23.6 Å². The highest BCUT2D eigenvalue weighted by Crippen LogP contribution is 2.32. The first-order chi connectivity index (χ1) is 11.2. The van der Waals surface area contributed by atoms with Crippen LogP contribution < -0.4 is 10.1 Å². The minimum atomic E-state index is 0.173. The van der Waals surface area contributed by atoms with E-state index in [1.807, 2.05) is 30.3 Å². The summed E-state index contributed by atoms with van der Waals surface area (Å²) in [6, 6.07) is 13.3. The Morgan fingerprint density at radius 2 is 1.96 bits per heavy atom. The summed E-state index contributed by atoms with van der Waals surface area (Å²) in [6.07, 6.45) is 1.65. The standard InChI is InChI=1S/C18H17ClN2O2/c1-23-14-6-4-12(5-7-14)10-20-11-13-9-16(19)15-3-2-8-21-17(15)18(13)22/h2-9,20,22H,10-11H2,1H3. The second-order valence-corrected chi connectivity index (χ2v) is 5.62. The van der Waals surface area contributed by atoms with Crippen LogP contribution in [0.25, 0.3) is 10.9 Å². The number of halogens is 1. The zero-order valence-corrected chi connectivity index (χ0v) is 13.5. The third kappa shape index (κ3) is 3.38. The Labute approximate surface area is 139 Å². The predicted molar refractivity (Wildman–Crippen MR) is 92.0 cm³/mol. The summed E-state index contributed by atoms with van der Waals surface area (Å²) in [5.41, 5.74) is 2.39. The predicted octanol–water partition coefficient (Wildman–Crippen LogP) is 3.89. The average molecular weight is 329 g/mol. The highest BCUT2D eigenvalue weighted by atomic mass is 35.5. The van der Waals surface area contributed by atoms with Gasteiger partial charge in [-0.1, -0.05) is 23.7 Å². The maximum atomic E-state index is 10.4. The second-order valence-electron chi connectivity index (χ2n) is 5.22. The molecule has 4 nitrogen and oxygen atoms in total. The minimum Gasteiger partial charge on any atom is -0.505 e. The summed E-state index contributed by atoms with van der Waals surface area (Å²) < 4.78 is 5.14. The molecule has 0 saturated heterocycles. The first-order valence-corrected chi connectivity index (χ1v) is 7.65. The van der Waals surface area contributed by atoms with Crippen LogP contribution in [0, 0.1) is 0 Å². The van der Waals surface area contributed by atoms with E-state index in [2.05, 4.69) is 10.3 Å². The second kappa shape index (κ2) is 6.86. The number of rotatable bonds is 5. The van der Waals surface area contributed by atoms with Gasteiger partial charge in [0, 0.05) is 30.2 Å². The molecule has 0 bridgehead atoms. The molecule has 0 spiro atoms. The van der Waals surface area contributed by atoms with Gasteiger partial charge in [0.1, 0.15) is 17.0 Å². The first kappa shape index (κ1) is 15.6. The fraction of sp³-hybridized carbons (Fsp3) is 0.167. The molecule has 0 atom stereocenters. The van der Waals surface area contributed by atoms with Crippen molar-refractivity contribution < 1.29 is 9.84 Å². The van der Waals surface area contributed by atoms with Gasteiger partial charge in [-0.15, -0.1) is 0 Å². The van der Waals surface area contributed by atoms with Gasteiger partial charge < -0.3 is 15.2 Å². The summed E-state index contributed by atoms with van der Waals surface area (Å²) in [4.78, 5) is 4.21. The van der Waals surface area contributed by atoms with E-state index in [0.717, 1.165) is 22.3 Å². The Hall–Kier alpha value is -2.30. The van der Waals surface area contributed by atoms with Gasteiger partial charge in [-0.2, -0.15) is 0 Å². The van der Waals surface area contributed by atoms with E-state index >= 15 is 0 Å². The molecule has 1 aromatic heterocycles. The molecule has 3 rings (SSSR count). The van der Waals surface area contributed by atoms with Crippen LogP contribution in [0.15, 0.2) is 48.7 Å². The molecule has 23 heavy (non-hydrogen) atoms. The van der Waals surface area contributed by atoms with Crippen molar-refractivity contribution in [1.82, 2.24) is 10.3 Å². The fourth-order valence-electron chi connectivity index (χ4n) is 2.46. The van der Waals surface area contributed by atoms with Gasteiger partial charge in [0.05, 0.1) is 12.1 Å². The summed E-state index contributed by atoms with van der Waals surface area (Å²) in [6.45, 7) is 1.19. The zero-order valence-electron chi connectivity index (χ0n) is 12.7. The molecule has 0 aliphatic carbocycles. The normalized spacial score (nSPS) is 10.9. The van der Waals surface area contributed by atoms with Crippen LogP contribution in [-0.2, 0) is 13.1 Å². The Balaban J connectivity index is 1.72. The number of aromatic nitrogens is 1. The number of hydrogen-bond acceptors (Lipinski definition) is 4. The first-order valence-electron chi connectivity index (χ1n) is 7.28. The monoisotopic (exact) mass is 328 g/mol. The van der Waals surface area contributed by atoms with Gasteiger partial charge in [0.25, 0.3) is 0 Å². The topological polar surface area (TPSA) is 54.4 Å². The van der Waals surface area contributed by atoms with Gasteiger partial charge in [-0.05, 0) is 35.9 Å². The van der Waals surface area contributed by atoms with Crippen molar-refractivity contribution in [3.05, 3.63) is 64.8 Å². The molecular formula is C18H17ClN2O2. The van der Waals surface area contributed by atoms with Crippen molar-refractivity contribution in [3.8, 4) is 11.5 Å². The van der Waals surface area contributed by atoms with E-state index in [4.69, 9.17) is 16.3 Å². The van der Waals surface area contributed by atoms with Crippen molar-refractivity contribution in [1.29, 1.82) is 0 Å². The largest absolute Gasteiger partial charge is 0.505 e. The molecule has 0 aliphatic heterocycles. The van der Waals surface area contributed by atoms with Crippen LogP contribution in [-0.4, -0.2) is 17.2 Å². The van der Waals surface area contributed by atoms with Crippen molar-refractivity contribution >= 4 is 22.5 Å². The third-order valence-electron chi connectivity index (χ3n) is 3.70. The molecular weight excluding hydrogens is 312 g/mol. The van der Waals surface area contributed by atoms with Crippen LogP contribution in [0.1, 0.15) is 11.1 Å². The third-order valence-corrected chi connectivity index (χ3v) is 4.01. The number of fused-ring (bicyclic) bond motifs is 1. The number of nitrogens with one attached hydrogen (secondary N) is 1. The SMILES string of the molecule is COc1ccc(CNCc2cc(Cl)c3cccnc3c2O)cc1. The number of ether oxygens (including phenoxy) is 1. The lowest BCUT2D eigenvalue weighted by Gasteiger charge is -2.10. The Morgan fingerprint density at radius 1 is 1.17 bits per heavy atom. The van der Waals surface area contributed by atoms with Gasteiger partial charge in [-0.3, -0.25) is 4.98 Å². The number of methoxy groups -OCH3 is 1. The molecule has 0 radical (unpaired) electrons. The van der Waals surface area contributed by atoms with Gasteiger partial charge in [0.2, 0.25) is 0 Å². The van der Waals surface area contributed by atoms with Crippen molar-refractivity contribution in [3.63, 3.8) is 0 Å². The fourth-order valence-corrected chi connectivity index (χ4v) is 2.74. The van der Waals surface area contributed by atoms with E-state index in [9.17, 15) is 5.11 Å². The molecule has 0 saturated carbocycles. The number of aromatic hydroxyl groups is 1. The van der Waals surface area contributed by atoms with E-state index in [1.165, 1.54) is 0 Å². The average Bonchev–Trinajstić information content (AvgIpc) is 2.60. The van der Waals surface area contributed by atoms with Crippen LogP contribution >= 0.6 is 11.6 Å². The number of hydrogen-bond donors (Lipinski definition) is 2. The summed E-state index contributed by atoms with van der Waals surface area (Å²) in [5, 5.41) is 15.0. The zero-order chi connectivity index (χ0) is 16.2. The quantitative estimate of drug-likeness (QED) is 0.746. The lowest BCUT2D eigenvalue weighted by Crippen LogP contribution is -2.13. The maximum absolute atomic E-state index is 10.4. The Morgan fingerprint density at radius 3 is 2.70 bits per heavy atom. The lowest BCUT2D eigenvalue weighted by molar-refractivity contribution is 0.414.